The zero-order chi connectivity index (χ0) is 16.0. The fraction of sp³-hybridized carbons (Fsp3) is 0.467. The number of rotatable bonds is 6. The maximum atomic E-state index is 11.9. The molecule has 1 aromatic carbocycles. The minimum atomic E-state index is -1.33. The van der Waals surface area contributed by atoms with Gasteiger partial charge in [0.15, 0.2) is 6.04 Å². The van der Waals surface area contributed by atoms with Crippen LogP contribution >= 0.6 is 0 Å². The van der Waals surface area contributed by atoms with Gasteiger partial charge in [-0.3, -0.25) is 4.79 Å². The molecule has 1 rings (SSSR count). The standard InChI is InChI=1S/C15H22N2O4/c1-5-21-15(19)13(16)14(18)17-10(3)11-8-9(2)6-7-12(11)20-4/h6-8,10,13H,5,16H2,1-4H3,(H,17,18). The first-order valence-corrected chi connectivity index (χ1v) is 6.77. The molecule has 0 aromatic heterocycles. The van der Waals surface area contributed by atoms with Crippen LogP contribution in [0.4, 0.5) is 0 Å². The number of carbonyl (C=O) groups excluding carboxylic acids is 2. The lowest BCUT2D eigenvalue weighted by Gasteiger charge is -2.19. The van der Waals surface area contributed by atoms with Gasteiger partial charge in [0.1, 0.15) is 5.75 Å². The lowest BCUT2D eigenvalue weighted by molar-refractivity contribution is -0.148. The second-order valence-electron chi connectivity index (χ2n) is 4.71. The molecule has 1 aromatic rings. The second-order valence-corrected chi connectivity index (χ2v) is 4.71. The minimum absolute atomic E-state index is 0.182. The molecule has 0 radical (unpaired) electrons. The summed E-state index contributed by atoms with van der Waals surface area (Å²) in [6.45, 7) is 5.58. The van der Waals surface area contributed by atoms with Crippen LogP contribution in [0.25, 0.3) is 0 Å². The number of nitrogens with one attached hydrogen (secondary N) is 1. The van der Waals surface area contributed by atoms with Gasteiger partial charge in [-0.25, -0.2) is 4.79 Å². The fourth-order valence-electron chi connectivity index (χ4n) is 1.91. The van der Waals surface area contributed by atoms with E-state index in [-0.39, 0.29) is 12.6 Å². The smallest absolute Gasteiger partial charge is 0.332 e. The number of esters is 1. The number of ether oxygens (including phenoxy) is 2. The number of benzene rings is 1. The summed E-state index contributed by atoms with van der Waals surface area (Å²) in [6, 6.07) is 4.00. The molecule has 0 aliphatic rings. The highest BCUT2D eigenvalue weighted by atomic mass is 16.5. The van der Waals surface area contributed by atoms with Gasteiger partial charge >= 0.3 is 5.97 Å². The van der Waals surface area contributed by atoms with Crippen LogP contribution in [0.3, 0.4) is 0 Å². The van der Waals surface area contributed by atoms with Crippen LogP contribution in [-0.2, 0) is 14.3 Å². The number of nitrogens with two attached hydrogens (primary N) is 1. The lowest BCUT2D eigenvalue weighted by atomic mass is 10.0. The Hall–Kier alpha value is -2.08. The molecule has 0 fully saturated rings. The Labute approximate surface area is 124 Å². The third-order valence-corrected chi connectivity index (χ3v) is 3.03. The molecule has 6 nitrogen and oxygen atoms in total. The summed E-state index contributed by atoms with van der Waals surface area (Å²) in [5, 5.41) is 2.69. The summed E-state index contributed by atoms with van der Waals surface area (Å²) in [7, 11) is 1.56. The molecule has 0 saturated heterocycles. The van der Waals surface area contributed by atoms with Gasteiger partial charge in [0, 0.05) is 5.56 Å². The van der Waals surface area contributed by atoms with Crippen molar-refractivity contribution in [2.24, 2.45) is 5.73 Å². The Kier molecular flexibility index (Phi) is 6.17. The molecule has 0 saturated carbocycles. The first kappa shape index (κ1) is 17.0. The largest absolute Gasteiger partial charge is 0.496 e. The Balaban J connectivity index is 2.81. The Bertz CT molecular complexity index is 516. The Morgan fingerprint density at radius 3 is 2.62 bits per heavy atom. The predicted octanol–water partition coefficient (Wildman–Crippen LogP) is 1.07. The Morgan fingerprint density at radius 1 is 1.38 bits per heavy atom. The molecule has 21 heavy (non-hydrogen) atoms. The van der Waals surface area contributed by atoms with E-state index < -0.39 is 17.9 Å². The zero-order valence-electron chi connectivity index (χ0n) is 12.8. The van der Waals surface area contributed by atoms with Gasteiger partial charge in [-0.1, -0.05) is 17.7 Å². The summed E-state index contributed by atoms with van der Waals surface area (Å²) < 4.78 is 10.0. The number of hydrogen-bond acceptors (Lipinski definition) is 5. The molecule has 3 N–H and O–H groups in total. The van der Waals surface area contributed by atoms with Crippen molar-refractivity contribution >= 4 is 11.9 Å². The van der Waals surface area contributed by atoms with Gasteiger partial charge in [0.05, 0.1) is 19.8 Å². The zero-order valence-corrected chi connectivity index (χ0v) is 12.8. The normalized spacial score (nSPS) is 13.2. The van der Waals surface area contributed by atoms with E-state index in [4.69, 9.17) is 15.2 Å². The van der Waals surface area contributed by atoms with Gasteiger partial charge in [-0.15, -0.1) is 0 Å². The first-order chi connectivity index (χ1) is 9.90. The van der Waals surface area contributed by atoms with Gasteiger partial charge in [-0.05, 0) is 26.8 Å². The average Bonchev–Trinajstić information content (AvgIpc) is 2.46. The van der Waals surface area contributed by atoms with E-state index in [0.717, 1.165) is 11.1 Å². The van der Waals surface area contributed by atoms with Crippen molar-refractivity contribution in [3.05, 3.63) is 29.3 Å². The van der Waals surface area contributed by atoms with E-state index >= 15 is 0 Å². The van der Waals surface area contributed by atoms with Crippen LogP contribution in [0.1, 0.15) is 31.0 Å². The van der Waals surface area contributed by atoms with Crippen molar-refractivity contribution in [1.29, 1.82) is 0 Å². The number of methoxy groups -OCH3 is 1. The average molecular weight is 294 g/mol. The number of amides is 1. The van der Waals surface area contributed by atoms with Crippen molar-refractivity contribution in [3.63, 3.8) is 0 Å². The summed E-state index contributed by atoms with van der Waals surface area (Å²) >= 11 is 0. The summed E-state index contributed by atoms with van der Waals surface area (Å²) in [4.78, 5) is 23.4. The molecule has 116 valence electrons. The molecule has 0 aliphatic carbocycles. The molecule has 0 aliphatic heterocycles. The van der Waals surface area contributed by atoms with E-state index in [2.05, 4.69) is 5.32 Å². The van der Waals surface area contributed by atoms with Crippen molar-refractivity contribution in [2.75, 3.05) is 13.7 Å². The van der Waals surface area contributed by atoms with Crippen LogP contribution in [-0.4, -0.2) is 31.6 Å². The highest BCUT2D eigenvalue weighted by Crippen LogP contribution is 2.26. The van der Waals surface area contributed by atoms with Gasteiger partial charge in [0.25, 0.3) is 0 Å². The van der Waals surface area contributed by atoms with Crippen LogP contribution in [0, 0.1) is 6.92 Å². The molecule has 0 bridgehead atoms. The molecule has 2 atom stereocenters. The van der Waals surface area contributed by atoms with Crippen molar-refractivity contribution in [3.8, 4) is 5.75 Å². The highest BCUT2D eigenvalue weighted by molar-refractivity contribution is 6.01. The first-order valence-electron chi connectivity index (χ1n) is 6.77. The summed E-state index contributed by atoms with van der Waals surface area (Å²) in [6.07, 6.45) is 0. The second kappa shape index (κ2) is 7.64. The molecule has 2 unspecified atom stereocenters. The van der Waals surface area contributed by atoms with E-state index in [1.807, 2.05) is 25.1 Å². The predicted molar refractivity (Wildman–Crippen MR) is 78.9 cm³/mol. The minimum Gasteiger partial charge on any atom is -0.496 e. The number of carbonyl (C=O) groups is 2. The maximum absolute atomic E-state index is 11.9. The van der Waals surface area contributed by atoms with Gasteiger partial charge in [0.2, 0.25) is 5.91 Å². The van der Waals surface area contributed by atoms with E-state index in [1.165, 1.54) is 0 Å². The lowest BCUT2D eigenvalue weighted by Crippen LogP contribution is -2.47. The SMILES string of the molecule is CCOC(=O)C(N)C(=O)NC(C)c1cc(C)ccc1OC. The van der Waals surface area contributed by atoms with Crippen LogP contribution in [0.15, 0.2) is 18.2 Å². The molecular weight excluding hydrogens is 272 g/mol. The van der Waals surface area contributed by atoms with Gasteiger partial charge < -0.3 is 20.5 Å². The molecular formula is C15H22N2O4. The summed E-state index contributed by atoms with van der Waals surface area (Å²) in [5.41, 5.74) is 7.42. The quantitative estimate of drug-likeness (QED) is 0.605. The van der Waals surface area contributed by atoms with Crippen LogP contribution < -0.4 is 15.8 Å². The molecule has 6 heteroatoms. The fourth-order valence-corrected chi connectivity index (χ4v) is 1.91. The van der Waals surface area contributed by atoms with E-state index in [0.29, 0.717) is 5.75 Å². The molecule has 1 amide bonds. The number of aryl methyl sites for hydroxylation is 1. The third-order valence-electron chi connectivity index (χ3n) is 3.03. The molecule has 0 spiro atoms. The monoisotopic (exact) mass is 294 g/mol. The van der Waals surface area contributed by atoms with Crippen molar-refractivity contribution in [2.45, 2.75) is 32.9 Å². The molecule has 0 heterocycles. The number of hydrogen-bond donors (Lipinski definition) is 2. The maximum Gasteiger partial charge on any atom is 0.332 e. The van der Waals surface area contributed by atoms with Crippen molar-refractivity contribution in [1.82, 2.24) is 5.32 Å². The van der Waals surface area contributed by atoms with E-state index in [1.54, 1.807) is 21.0 Å². The highest BCUT2D eigenvalue weighted by Gasteiger charge is 2.25. The summed E-state index contributed by atoms with van der Waals surface area (Å²) in [5.74, 6) is -0.652. The van der Waals surface area contributed by atoms with E-state index in [9.17, 15) is 9.59 Å². The van der Waals surface area contributed by atoms with Crippen LogP contribution in [0.5, 0.6) is 5.75 Å². The Morgan fingerprint density at radius 2 is 2.05 bits per heavy atom. The topological polar surface area (TPSA) is 90.7 Å². The third kappa shape index (κ3) is 4.46. The van der Waals surface area contributed by atoms with Crippen molar-refractivity contribution < 1.29 is 19.1 Å². The van der Waals surface area contributed by atoms with Gasteiger partial charge in [-0.2, -0.15) is 0 Å². The van der Waals surface area contributed by atoms with Crippen LogP contribution in [0.2, 0.25) is 0 Å².